The number of carbonyl (C=O) groups excluding carboxylic acids is 1. The van der Waals surface area contributed by atoms with Gasteiger partial charge in [-0.1, -0.05) is 18.6 Å². The molecule has 2 heterocycles. The zero-order valence-corrected chi connectivity index (χ0v) is 16.3. The SMILES string of the molecule is CCCn1nnc2cc(S(=O)(=O)N3CCCCC3C(=O)NC3CC3)ccc21. The third-order valence-corrected chi connectivity index (χ3v) is 7.11. The summed E-state index contributed by atoms with van der Waals surface area (Å²) in [6.07, 6.45) is 5.07. The van der Waals surface area contributed by atoms with Crippen molar-refractivity contribution >= 4 is 27.0 Å². The molecule has 9 heteroatoms. The van der Waals surface area contributed by atoms with Crippen LogP contribution in [0.5, 0.6) is 0 Å². The molecule has 1 aromatic carbocycles. The molecule has 0 bridgehead atoms. The van der Waals surface area contributed by atoms with Gasteiger partial charge < -0.3 is 5.32 Å². The standard InChI is InChI=1S/C18H25N5O3S/c1-2-10-22-16-9-8-14(12-15(16)20-21-22)27(25,26)23-11-4-3-5-17(23)18(24)19-13-6-7-13/h8-9,12-13,17H,2-7,10-11H2,1H3,(H,19,24). The van der Waals surface area contributed by atoms with Crippen LogP contribution in [-0.2, 0) is 21.4 Å². The highest BCUT2D eigenvalue weighted by Gasteiger charge is 2.39. The fourth-order valence-electron chi connectivity index (χ4n) is 3.60. The van der Waals surface area contributed by atoms with E-state index < -0.39 is 16.1 Å². The molecule has 1 unspecified atom stereocenters. The van der Waals surface area contributed by atoms with Gasteiger partial charge in [-0.3, -0.25) is 4.79 Å². The van der Waals surface area contributed by atoms with Gasteiger partial charge in [-0.05, 0) is 50.3 Å². The first kappa shape index (κ1) is 18.4. The third-order valence-electron chi connectivity index (χ3n) is 5.21. The van der Waals surface area contributed by atoms with Crippen LogP contribution in [0.3, 0.4) is 0 Å². The van der Waals surface area contributed by atoms with Crippen molar-refractivity contribution in [3.05, 3.63) is 18.2 Å². The van der Waals surface area contributed by atoms with Crippen molar-refractivity contribution in [2.75, 3.05) is 6.54 Å². The van der Waals surface area contributed by atoms with Gasteiger partial charge in [-0.25, -0.2) is 13.1 Å². The van der Waals surface area contributed by atoms with Crippen LogP contribution in [0.4, 0.5) is 0 Å². The van der Waals surface area contributed by atoms with Crippen molar-refractivity contribution in [2.45, 2.75) is 69.0 Å². The first-order valence-corrected chi connectivity index (χ1v) is 11.1. The van der Waals surface area contributed by atoms with E-state index in [1.807, 2.05) is 0 Å². The van der Waals surface area contributed by atoms with Gasteiger partial charge in [0.05, 0.1) is 10.4 Å². The number of nitrogens with one attached hydrogen (secondary N) is 1. The lowest BCUT2D eigenvalue weighted by molar-refractivity contribution is -0.125. The zero-order chi connectivity index (χ0) is 19.0. The van der Waals surface area contributed by atoms with E-state index in [1.54, 1.807) is 22.9 Å². The Kier molecular flexibility index (Phi) is 4.90. The van der Waals surface area contributed by atoms with Gasteiger partial charge in [0.15, 0.2) is 0 Å². The van der Waals surface area contributed by atoms with Crippen LogP contribution < -0.4 is 5.32 Å². The van der Waals surface area contributed by atoms with Crippen LogP contribution in [0.2, 0.25) is 0 Å². The molecule has 2 aromatic rings. The van der Waals surface area contributed by atoms with Gasteiger partial charge in [-0.15, -0.1) is 5.10 Å². The second kappa shape index (κ2) is 7.20. The Bertz CT molecular complexity index is 951. The molecule has 1 aromatic heterocycles. The maximum Gasteiger partial charge on any atom is 0.243 e. The van der Waals surface area contributed by atoms with Gasteiger partial charge in [0.1, 0.15) is 11.6 Å². The molecule has 2 fully saturated rings. The molecule has 1 saturated carbocycles. The fraction of sp³-hybridized carbons (Fsp3) is 0.611. The van der Waals surface area contributed by atoms with E-state index in [1.165, 1.54) is 4.31 Å². The second-order valence-corrected chi connectivity index (χ2v) is 9.26. The zero-order valence-electron chi connectivity index (χ0n) is 15.5. The van der Waals surface area contributed by atoms with Gasteiger partial charge in [-0.2, -0.15) is 4.31 Å². The predicted molar refractivity (Wildman–Crippen MR) is 101 cm³/mol. The number of amides is 1. The highest BCUT2D eigenvalue weighted by Crippen LogP contribution is 2.28. The lowest BCUT2D eigenvalue weighted by atomic mass is 10.0. The summed E-state index contributed by atoms with van der Waals surface area (Å²) in [4.78, 5) is 12.8. The molecule has 146 valence electrons. The summed E-state index contributed by atoms with van der Waals surface area (Å²) in [6.45, 7) is 3.15. The van der Waals surface area contributed by atoms with Crippen molar-refractivity contribution < 1.29 is 13.2 Å². The van der Waals surface area contributed by atoms with E-state index in [9.17, 15) is 13.2 Å². The second-order valence-electron chi connectivity index (χ2n) is 7.37. The van der Waals surface area contributed by atoms with E-state index >= 15 is 0 Å². The topological polar surface area (TPSA) is 97.2 Å². The molecule has 1 aliphatic carbocycles. The van der Waals surface area contributed by atoms with Crippen molar-refractivity contribution in [1.82, 2.24) is 24.6 Å². The first-order chi connectivity index (χ1) is 13.0. The Balaban J connectivity index is 1.64. The molecular formula is C18H25N5O3S. The van der Waals surface area contributed by atoms with Crippen LogP contribution in [-0.4, -0.2) is 52.3 Å². The number of benzene rings is 1. The molecule has 4 rings (SSSR count). The minimum absolute atomic E-state index is 0.171. The van der Waals surface area contributed by atoms with Gasteiger partial charge >= 0.3 is 0 Å². The molecule has 1 N–H and O–H groups in total. The smallest absolute Gasteiger partial charge is 0.243 e. The van der Waals surface area contributed by atoms with E-state index in [0.29, 0.717) is 18.5 Å². The summed E-state index contributed by atoms with van der Waals surface area (Å²) >= 11 is 0. The molecule has 0 radical (unpaired) electrons. The van der Waals surface area contributed by atoms with E-state index in [4.69, 9.17) is 0 Å². The highest BCUT2D eigenvalue weighted by atomic mass is 32.2. The summed E-state index contributed by atoms with van der Waals surface area (Å²) < 4.78 is 29.7. The Labute approximate surface area is 159 Å². The molecular weight excluding hydrogens is 366 g/mol. The van der Waals surface area contributed by atoms with Crippen molar-refractivity contribution in [1.29, 1.82) is 0 Å². The summed E-state index contributed by atoms with van der Waals surface area (Å²) in [5.74, 6) is -0.171. The molecule has 1 amide bonds. The number of rotatable bonds is 6. The van der Waals surface area contributed by atoms with Crippen LogP contribution >= 0.6 is 0 Å². The highest BCUT2D eigenvalue weighted by molar-refractivity contribution is 7.89. The number of hydrogen-bond donors (Lipinski definition) is 1. The number of fused-ring (bicyclic) bond motifs is 1. The van der Waals surface area contributed by atoms with Crippen molar-refractivity contribution in [3.8, 4) is 0 Å². The van der Waals surface area contributed by atoms with Gasteiger partial charge in [0.2, 0.25) is 15.9 Å². The Hall–Kier alpha value is -2.00. The largest absolute Gasteiger partial charge is 0.352 e. The van der Waals surface area contributed by atoms with Crippen LogP contribution in [0.15, 0.2) is 23.1 Å². The van der Waals surface area contributed by atoms with Gasteiger partial charge in [0.25, 0.3) is 0 Å². The maximum absolute atomic E-state index is 13.3. The van der Waals surface area contributed by atoms with Crippen molar-refractivity contribution in [3.63, 3.8) is 0 Å². The quantitative estimate of drug-likeness (QED) is 0.808. The fourth-order valence-corrected chi connectivity index (χ4v) is 5.28. The van der Waals surface area contributed by atoms with Crippen molar-refractivity contribution in [2.24, 2.45) is 0 Å². The Morgan fingerprint density at radius 1 is 1.26 bits per heavy atom. The Morgan fingerprint density at radius 3 is 2.81 bits per heavy atom. The predicted octanol–water partition coefficient (Wildman–Crippen LogP) is 1.66. The maximum atomic E-state index is 13.3. The molecule has 1 atom stereocenters. The Morgan fingerprint density at radius 2 is 2.07 bits per heavy atom. The number of aryl methyl sites for hydroxylation is 1. The van der Waals surface area contributed by atoms with Crippen LogP contribution in [0.1, 0.15) is 45.4 Å². The molecule has 27 heavy (non-hydrogen) atoms. The average Bonchev–Trinajstić information content (AvgIpc) is 3.40. The minimum Gasteiger partial charge on any atom is -0.352 e. The molecule has 0 spiro atoms. The molecule has 1 aliphatic heterocycles. The van der Waals surface area contributed by atoms with E-state index in [2.05, 4.69) is 22.6 Å². The summed E-state index contributed by atoms with van der Waals surface area (Å²) in [6, 6.07) is 4.50. The average molecular weight is 391 g/mol. The van der Waals surface area contributed by atoms with E-state index in [0.717, 1.165) is 44.2 Å². The van der Waals surface area contributed by atoms with Gasteiger partial charge in [0, 0.05) is 19.1 Å². The summed E-state index contributed by atoms with van der Waals surface area (Å²) in [7, 11) is -3.77. The minimum atomic E-state index is -3.77. The number of carbonyl (C=O) groups is 1. The van der Waals surface area contributed by atoms with Crippen LogP contribution in [0, 0.1) is 0 Å². The lowest BCUT2D eigenvalue weighted by Gasteiger charge is -2.33. The number of sulfonamides is 1. The summed E-state index contributed by atoms with van der Waals surface area (Å²) in [5.41, 5.74) is 1.37. The normalized spacial score (nSPS) is 21.4. The number of hydrogen-bond acceptors (Lipinski definition) is 5. The number of piperidine rings is 1. The molecule has 2 aliphatic rings. The molecule has 1 saturated heterocycles. The third kappa shape index (κ3) is 3.58. The number of nitrogens with zero attached hydrogens (tertiary/aromatic N) is 4. The molecule has 8 nitrogen and oxygen atoms in total. The summed E-state index contributed by atoms with van der Waals surface area (Å²) in [5, 5.41) is 11.2. The monoisotopic (exact) mass is 391 g/mol. The van der Waals surface area contributed by atoms with E-state index in [-0.39, 0.29) is 16.8 Å². The first-order valence-electron chi connectivity index (χ1n) is 9.66. The van der Waals surface area contributed by atoms with Crippen LogP contribution in [0.25, 0.3) is 11.0 Å². The number of aromatic nitrogens is 3. The lowest BCUT2D eigenvalue weighted by Crippen LogP contribution is -2.52.